The van der Waals surface area contributed by atoms with Gasteiger partial charge in [0.05, 0.1) is 17.2 Å². The fraction of sp³-hybridized carbons (Fsp3) is 0.190. The molecule has 3 rings (SSSR count). The van der Waals surface area contributed by atoms with Crippen LogP contribution in [-0.2, 0) is 9.59 Å². The molecule has 6 heteroatoms. The third-order valence-corrected chi connectivity index (χ3v) is 4.40. The van der Waals surface area contributed by atoms with Crippen molar-refractivity contribution in [1.82, 2.24) is 5.32 Å². The molecule has 138 valence electrons. The van der Waals surface area contributed by atoms with Crippen molar-refractivity contribution in [2.75, 3.05) is 23.3 Å². The average Bonchev–Trinajstić information content (AvgIpc) is 3.09. The van der Waals surface area contributed by atoms with Gasteiger partial charge in [-0.3, -0.25) is 14.4 Å². The van der Waals surface area contributed by atoms with Crippen LogP contribution in [0.25, 0.3) is 0 Å². The summed E-state index contributed by atoms with van der Waals surface area (Å²) in [5, 5.41) is 5.49. The highest BCUT2D eigenvalue weighted by Gasteiger charge is 2.35. The Morgan fingerprint density at radius 2 is 1.81 bits per heavy atom. The van der Waals surface area contributed by atoms with E-state index in [2.05, 4.69) is 17.2 Å². The van der Waals surface area contributed by atoms with Crippen LogP contribution in [0.3, 0.4) is 0 Å². The molecule has 1 saturated heterocycles. The Morgan fingerprint density at radius 3 is 2.56 bits per heavy atom. The number of nitrogens with one attached hydrogen (secondary N) is 2. The fourth-order valence-electron chi connectivity index (χ4n) is 3.03. The standard InChI is InChI=1S/C21H21N3O3/c1-2-12-22-21(27)17-10-6-7-11-18(17)23-20(26)15-13-19(25)24(14-15)16-8-4-3-5-9-16/h2-11,15H,1,12-14H2,(H,22,27)(H,23,26). The minimum atomic E-state index is -0.470. The lowest BCUT2D eigenvalue weighted by molar-refractivity contribution is -0.122. The normalized spacial score (nSPS) is 16.1. The lowest BCUT2D eigenvalue weighted by atomic mass is 10.1. The number of anilines is 2. The molecule has 2 aromatic carbocycles. The van der Waals surface area contributed by atoms with Crippen molar-refractivity contribution in [3.63, 3.8) is 0 Å². The molecule has 1 aliphatic rings. The van der Waals surface area contributed by atoms with E-state index in [1.54, 1.807) is 35.2 Å². The molecular weight excluding hydrogens is 342 g/mol. The quantitative estimate of drug-likeness (QED) is 0.775. The summed E-state index contributed by atoms with van der Waals surface area (Å²) in [7, 11) is 0. The Morgan fingerprint density at radius 1 is 1.11 bits per heavy atom. The van der Waals surface area contributed by atoms with E-state index < -0.39 is 5.92 Å². The van der Waals surface area contributed by atoms with Crippen LogP contribution in [0.15, 0.2) is 67.3 Å². The zero-order valence-electron chi connectivity index (χ0n) is 14.9. The fourth-order valence-corrected chi connectivity index (χ4v) is 3.03. The van der Waals surface area contributed by atoms with Gasteiger partial charge in [0, 0.05) is 25.2 Å². The molecule has 2 N–H and O–H groups in total. The summed E-state index contributed by atoms with van der Waals surface area (Å²) in [5.74, 6) is -1.12. The number of nitrogens with zero attached hydrogens (tertiary/aromatic N) is 1. The molecule has 0 radical (unpaired) electrons. The minimum absolute atomic E-state index is 0.0849. The van der Waals surface area contributed by atoms with Gasteiger partial charge in [-0.25, -0.2) is 0 Å². The molecule has 27 heavy (non-hydrogen) atoms. The van der Waals surface area contributed by atoms with Crippen LogP contribution in [0.2, 0.25) is 0 Å². The Balaban J connectivity index is 1.71. The smallest absolute Gasteiger partial charge is 0.253 e. The molecule has 2 aromatic rings. The zero-order valence-corrected chi connectivity index (χ0v) is 14.9. The predicted octanol–water partition coefficient (Wildman–Crippen LogP) is 2.59. The molecule has 1 heterocycles. The molecule has 0 aliphatic carbocycles. The van der Waals surface area contributed by atoms with Crippen LogP contribution < -0.4 is 15.5 Å². The van der Waals surface area contributed by atoms with Gasteiger partial charge in [0.2, 0.25) is 11.8 Å². The van der Waals surface area contributed by atoms with E-state index in [-0.39, 0.29) is 24.1 Å². The number of carbonyl (C=O) groups excluding carboxylic acids is 3. The molecule has 0 spiro atoms. The van der Waals surface area contributed by atoms with E-state index in [9.17, 15) is 14.4 Å². The van der Waals surface area contributed by atoms with E-state index in [0.717, 1.165) is 5.69 Å². The maximum absolute atomic E-state index is 12.7. The highest BCUT2D eigenvalue weighted by Crippen LogP contribution is 2.26. The third kappa shape index (κ3) is 4.23. The van der Waals surface area contributed by atoms with E-state index in [1.165, 1.54) is 0 Å². The van der Waals surface area contributed by atoms with Gasteiger partial charge in [-0.15, -0.1) is 6.58 Å². The predicted molar refractivity (Wildman–Crippen MR) is 105 cm³/mol. The Hall–Kier alpha value is -3.41. The van der Waals surface area contributed by atoms with Crippen molar-refractivity contribution in [2.24, 2.45) is 5.92 Å². The summed E-state index contributed by atoms with van der Waals surface area (Å²) >= 11 is 0. The van der Waals surface area contributed by atoms with Crippen LogP contribution in [0.1, 0.15) is 16.8 Å². The lowest BCUT2D eigenvalue weighted by Gasteiger charge is -2.17. The number of rotatable bonds is 6. The first kappa shape index (κ1) is 18.4. The molecule has 0 saturated carbocycles. The summed E-state index contributed by atoms with van der Waals surface area (Å²) < 4.78 is 0. The van der Waals surface area contributed by atoms with E-state index in [0.29, 0.717) is 24.3 Å². The zero-order chi connectivity index (χ0) is 19.2. The highest BCUT2D eigenvalue weighted by atomic mass is 16.2. The van der Waals surface area contributed by atoms with E-state index in [1.807, 2.05) is 30.3 Å². The van der Waals surface area contributed by atoms with Crippen molar-refractivity contribution in [3.8, 4) is 0 Å². The maximum Gasteiger partial charge on any atom is 0.253 e. The number of hydrogen-bond acceptors (Lipinski definition) is 3. The van der Waals surface area contributed by atoms with Gasteiger partial charge in [-0.05, 0) is 24.3 Å². The first-order valence-electron chi connectivity index (χ1n) is 8.74. The van der Waals surface area contributed by atoms with Crippen molar-refractivity contribution >= 4 is 29.1 Å². The number of carbonyl (C=O) groups is 3. The van der Waals surface area contributed by atoms with Crippen molar-refractivity contribution in [1.29, 1.82) is 0 Å². The monoisotopic (exact) mass is 363 g/mol. The molecule has 3 amide bonds. The summed E-state index contributed by atoms with van der Waals surface area (Å²) in [5.41, 5.74) is 1.58. The van der Waals surface area contributed by atoms with Gasteiger partial charge in [-0.1, -0.05) is 36.4 Å². The second kappa shape index (κ2) is 8.31. The topological polar surface area (TPSA) is 78.5 Å². The van der Waals surface area contributed by atoms with Gasteiger partial charge in [0.15, 0.2) is 0 Å². The molecule has 0 aromatic heterocycles. The third-order valence-electron chi connectivity index (χ3n) is 4.40. The summed E-state index contributed by atoms with van der Waals surface area (Å²) in [4.78, 5) is 38.9. The van der Waals surface area contributed by atoms with Crippen molar-refractivity contribution in [3.05, 3.63) is 72.8 Å². The maximum atomic E-state index is 12.7. The summed E-state index contributed by atoms with van der Waals surface area (Å²) in [6, 6.07) is 16.1. The van der Waals surface area contributed by atoms with Gasteiger partial charge < -0.3 is 15.5 Å². The van der Waals surface area contributed by atoms with Crippen LogP contribution in [-0.4, -0.2) is 30.8 Å². The van der Waals surface area contributed by atoms with Crippen molar-refractivity contribution in [2.45, 2.75) is 6.42 Å². The average molecular weight is 363 g/mol. The Labute approximate surface area is 157 Å². The van der Waals surface area contributed by atoms with Crippen molar-refractivity contribution < 1.29 is 14.4 Å². The number of amides is 3. The highest BCUT2D eigenvalue weighted by molar-refractivity contribution is 6.07. The Kier molecular flexibility index (Phi) is 5.66. The second-order valence-corrected chi connectivity index (χ2v) is 6.27. The second-order valence-electron chi connectivity index (χ2n) is 6.27. The lowest BCUT2D eigenvalue weighted by Crippen LogP contribution is -2.29. The molecule has 0 bridgehead atoms. The summed E-state index contributed by atoms with van der Waals surface area (Å²) in [6.07, 6.45) is 1.73. The number of benzene rings is 2. The molecule has 1 unspecified atom stereocenters. The van der Waals surface area contributed by atoms with Gasteiger partial charge in [0.1, 0.15) is 0 Å². The van der Waals surface area contributed by atoms with Crippen LogP contribution in [0, 0.1) is 5.92 Å². The Bertz CT molecular complexity index is 864. The first-order chi connectivity index (χ1) is 13.1. The molecule has 1 fully saturated rings. The van der Waals surface area contributed by atoms with Gasteiger partial charge in [0.25, 0.3) is 5.91 Å². The van der Waals surface area contributed by atoms with E-state index >= 15 is 0 Å². The summed E-state index contributed by atoms with van der Waals surface area (Å²) in [6.45, 7) is 4.22. The van der Waals surface area contributed by atoms with Crippen LogP contribution >= 0.6 is 0 Å². The van der Waals surface area contributed by atoms with Gasteiger partial charge in [-0.2, -0.15) is 0 Å². The largest absolute Gasteiger partial charge is 0.349 e. The number of hydrogen-bond donors (Lipinski definition) is 2. The van der Waals surface area contributed by atoms with Gasteiger partial charge >= 0.3 is 0 Å². The SMILES string of the molecule is C=CCNC(=O)c1ccccc1NC(=O)C1CC(=O)N(c2ccccc2)C1. The minimum Gasteiger partial charge on any atom is -0.349 e. The molecular formula is C21H21N3O3. The van der Waals surface area contributed by atoms with Crippen LogP contribution in [0.5, 0.6) is 0 Å². The van der Waals surface area contributed by atoms with E-state index in [4.69, 9.17) is 0 Å². The molecule has 1 aliphatic heterocycles. The van der Waals surface area contributed by atoms with Crippen LogP contribution in [0.4, 0.5) is 11.4 Å². The first-order valence-corrected chi connectivity index (χ1v) is 8.74. The molecule has 1 atom stereocenters. The molecule has 6 nitrogen and oxygen atoms in total. The number of para-hydroxylation sites is 2.